The van der Waals surface area contributed by atoms with Crippen molar-refractivity contribution in [2.45, 2.75) is 23.6 Å². The number of benzene rings is 2. The quantitative estimate of drug-likeness (QED) is 0.239. The minimum Gasteiger partial charge on any atom is -0.450 e. The monoisotopic (exact) mass is 622 g/mol. The van der Waals surface area contributed by atoms with Crippen molar-refractivity contribution in [3.05, 3.63) is 48.5 Å². The third-order valence-electron chi connectivity index (χ3n) is 4.18. The van der Waals surface area contributed by atoms with Crippen molar-refractivity contribution in [3.8, 4) is 0 Å². The molecule has 0 heterocycles. The van der Waals surface area contributed by atoms with Crippen LogP contribution in [0.5, 0.6) is 0 Å². The van der Waals surface area contributed by atoms with Crippen LogP contribution in [-0.2, 0) is 38.1 Å². The molecule has 0 aliphatic heterocycles. The number of ether oxygens (including phenoxy) is 2. The molecular formula is C23H34N4O12S2. The molecule has 0 saturated carbocycles. The predicted molar refractivity (Wildman–Crippen MR) is 147 cm³/mol. The van der Waals surface area contributed by atoms with Crippen molar-refractivity contribution >= 4 is 49.8 Å². The van der Waals surface area contributed by atoms with Crippen LogP contribution >= 0.6 is 0 Å². The minimum atomic E-state index is -3.70. The molecular weight excluding hydrogens is 588 g/mol. The molecule has 0 aliphatic rings. The summed E-state index contributed by atoms with van der Waals surface area (Å²) in [7, 11) is -5.23. The Bertz CT molecular complexity index is 1210. The van der Waals surface area contributed by atoms with Crippen LogP contribution in [0.15, 0.2) is 58.3 Å². The molecule has 0 atom stereocenters. The summed E-state index contributed by atoms with van der Waals surface area (Å²) in [5.74, 6) is 0. The SMILES string of the molecule is CCOC(=O)Nc1ccc(S(=O)(=O)OC)cc1.CCOC(=O)Nc1ccc(S(=O)(=O)OC)cc1.NC(=O)NCCO. The van der Waals surface area contributed by atoms with Gasteiger partial charge in [-0.05, 0) is 62.4 Å². The zero-order valence-corrected chi connectivity index (χ0v) is 24.4. The van der Waals surface area contributed by atoms with Gasteiger partial charge in [-0.3, -0.25) is 19.0 Å². The van der Waals surface area contributed by atoms with Crippen molar-refractivity contribution in [1.82, 2.24) is 5.32 Å². The first kappa shape index (κ1) is 37.0. The van der Waals surface area contributed by atoms with Gasteiger partial charge in [-0.1, -0.05) is 0 Å². The summed E-state index contributed by atoms with van der Waals surface area (Å²) >= 11 is 0. The third kappa shape index (κ3) is 15.4. The lowest BCUT2D eigenvalue weighted by molar-refractivity contribution is 0.167. The molecule has 2 rings (SSSR count). The number of urea groups is 1. The van der Waals surface area contributed by atoms with Crippen LogP contribution in [-0.4, -0.2) is 80.7 Å². The summed E-state index contributed by atoms with van der Waals surface area (Å²) < 4.78 is 63.2. The largest absolute Gasteiger partial charge is 0.450 e. The maximum Gasteiger partial charge on any atom is 0.411 e. The normalized spacial score (nSPS) is 10.5. The average molecular weight is 623 g/mol. The number of carbonyl (C=O) groups excluding carboxylic acids is 3. The average Bonchev–Trinajstić information content (AvgIpc) is 2.93. The topological polar surface area (TPSA) is 239 Å². The van der Waals surface area contributed by atoms with Gasteiger partial charge in [0.05, 0.1) is 43.8 Å². The Kier molecular flexibility index (Phi) is 17.3. The van der Waals surface area contributed by atoms with Crippen LogP contribution in [0.25, 0.3) is 0 Å². The Balaban J connectivity index is 0.000000637. The lowest BCUT2D eigenvalue weighted by atomic mass is 10.3. The van der Waals surface area contributed by atoms with E-state index in [1.807, 2.05) is 0 Å². The van der Waals surface area contributed by atoms with Crippen molar-refractivity contribution in [1.29, 1.82) is 0 Å². The number of aliphatic hydroxyl groups is 1. The number of hydrogen-bond acceptors (Lipinski definition) is 12. The van der Waals surface area contributed by atoms with Crippen molar-refractivity contribution in [2.75, 3.05) is 51.2 Å². The van der Waals surface area contributed by atoms with E-state index in [1.54, 1.807) is 13.8 Å². The molecule has 0 aliphatic carbocycles. The van der Waals surface area contributed by atoms with Crippen LogP contribution in [0.2, 0.25) is 0 Å². The fourth-order valence-electron chi connectivity index (χ4n) is 2.35. The second-order valence-electron chi connectivity index (χ2n) is 7.00. The molecule has 0 fully saturated rings. The molecule has 2 aromatic rings. The molecule has 41 heavy (non-hydrogen) atoms. The van der Waals surface area contributed by atoms with Crippen molar-refractivity contribution < 1.29 is 54.2 Å². The Morgan fingerprint density at radius 2 is 1.07 bits per heavy atom. The van der Waals surface area contributed by atoms with Gasteiger partial charge in [0.15, 0.2) is 0 Å². The van der Waals surface area contributed by atoms with E-state index in [2.05, 4.69) is 39.5 Å². The number of nitrogens with two attached hydrogens (primary N) is 1. The molecule has 230 valence electrons. The Morgan fingerprint density at radius 3 is 1.29 bits per heavy atom. The molecule has 0 unspecified atom stereocenters. The van der Waals surface area contributed by atoms with Gasteiger partial charge in [0.2, 0.25) is 0 Å². The van der Waals surface area contributed by atoms with Crippen molar-refractivity contribution in [3.63, 3.8) is 0 Å². The molecule has 4 amide bonds. The molecule has 16 nitrogen and oxygen atoms in total. The highest BCUT2D eigenvalue weighted by Gasteiger charge is 2.13. The first-order valence-electron chi connectivity index (χ1n) is 11.6. The highest BCUT2D eigenvalue weighted by molar-refractivity contribution is 7.87. The van der Waals surface area contributed by atoms with Gasteiger partial charge < -0.3 is 25.6 Å². The fraction of sp³-hybridized carbons (Fsp3) is 0.348. The standard InChI is InChI=1S/2C10H13NO5S.C3H8N2O2/c2*1-3-16-10(12)11-8-4-6-9(7-5-8)17(13,14)15-2;4-3(7)5-1-2-6/h2*4-7H,3H2,1-2H3,(H,11,12);6H,1-2H2,(H3,4,5,7). The van der Waals surface area contributed by atoms with E-state index in [-0.39, 0.29) is 36.2 Å². The van der Waals surface area contributed by atoms with Gasteiger partial charge in [0, 0.05) is 17.9 Å². The molecule has 0 bridgehead atoms. The number of anilines is 2. The zero-order chi connectivity index (χ0) is 31.5. The second-order valence-corrected chi connectivity index (χ2v) is 10.4. The van der Waals surface area contributed by atoms with E-state index in [1.165, 1.54) is 48.5 Å². The molecule has 2 aromatic carbocycles. The summed E-state index contributed by atoms with van der Waals surface area (Å²) in [6.45, 7) is 4.07. The van der Waals surface area contributed by atoms with Gasteiger partial charge in [-0.15, -0.1) is 0 Å². The number of nitrogens with one attached hydrogen (secondary N) is 3. The van der Waals surface area contributed by atoms with E-state index in [4.69, 9.17) is 5.11 Å². The minimum absolute atomic E-state index is 0.0226. The van der Waals surface area contributed by atoms with Gasteiger partial charge in [0.1, 0.15) is 0 Å². The summed E-state index contributed by atoms with van der Waals surface area (Å²) in [5, 5.41) is 15.1. The van der Waals surface area contributed by atoms with E-state index >= 15 is 0 Å². The smallest absolute Gasteiger partial charge is 0.411 e. The van der Waals surface area contributed by atoms with Crippen LogP contribution in [0.4, 0.5) is 25.8 Å². The third-order valence-corrected chi connectivity index (χ3v) is 6.76. The fourth-order valence-corrected chi connectivity index (χ4v) is 3.68. The summed E-state index contributed by atoms with van der Waals surface area (Å²) in [5.41, 5.74) is 5.50. The number of hydrogen-bond donors (Lipinski definition) is 5. The molecule has 0 aromatic heterocycles. The van der Waals surface area contributed by atoms with Crippen LogP contribution in [0.1, 0.15) is 13.8 Å². The maximum absolute atomic E-state index is 11.3. The van der Waals surface area contributed by atoms with E-state index in [0.29, 0.717) is 11.4 Å². The first-order valence-corrected chi connectivity index (χ1v) is 14.4. The summed E-state index contributed by atoms with van der Waals surface area (Å²) in [6.07, 6.45) is -1.18. The number of rotatable bonds is 10. The lowest BCUT2D eigenvalue weighted by Gasteiger charge is -2.06. The van der Waals surface area contributed by atoms with E-state index < -0.39 is 38.5 Å². The Hall–Kier alpha value is -3.97. The summed E-state index contributed by atoms with van der Waals surface area (Å²) in [6, 6.07) is 10.5. The summed E-state index contributed by atoms with van der Waals surface area (Å²) in [4.78, 5) is 32.0. The van der Waals surface area contributed by atoms with Crippen molar-refractivity contribution in [2.24, 2.45) is 5.73 Å². The lowest BCUT2D eigenvalue weighted by Crippen LogP contribution is -2.31. The van der Waals surface area contributed by atoms with Gasteiger partial charge in [0.25, 0.3) is 20.2 Å². The molecule has 18 heteroatoms. The van der Waals surface area contributed by atoms with Gasteiger partial charge in [-0.2, -0.15) is 16.8 Å². The first-order chi connectivity index (χ1) is 19.3. The predicted octanol–water partition coefficient (Wildman–Crippen LogP) is 1.83. The molecule has 0 saturated heterocycles. The number of aliphatic hydroxyl groups excluding tert-OH is 1. The highest BCUT2D eigenvalue weighted by atomic mass is 32.2. The van der Waals surface area contributed by atoms with Gasteiger partial charge in [-0.25, -0.2) is 14.4 Å². The number of carbonyl (C=O) groups is 3. The van der Waals surface area contributed by atoms with Crippen LogP contribution in [0, 0.1) is 0 Å². The van der Waals surface area contributed by atoms with E-state index in [0.717, 1.165) is 14.2 Å². The Morgan fingerprint density at radius 1 is 0.732 bits per heavy atom. The van der Waals surface area contributed by atoms with Gasteiger partial charge >= 0.3 is 18.2 Å². The number of amides is 4. The highest BCUT2D eigenvalue weighted by Crippen LogP contribution is 2.16. The van der Waals surface area contributed by atoms with E-state index in [9.17, 15) is 31.2 Å². The zero-order valence-electron chi connectivity index (χ0n) is 22.8. The maximum atomic E-state index is 11.3. The molecule has 0 spiro atoms. The van der Waals surface area contributed by atoms with Crippen LogP contribution < -0.4 is 21.7 Å². The number of primary amides is 1. The Labute approximate surface area is 238 Å². The second kappa shape index (κ2) is 19.2. The molecule has 6 N–H and O–H groups in total. The van der Waals surface area contributed by atoms with Crippen LogP contribution in [0.3, 0.4) is 0 Å². The molecule has 0 radical (unpaired) electrons.